The molecule has 0 saturated carbocycles. The lowest BCUT2D eigenvalue weighted by atomic mass is 10.0. The molecule has 0 spiro atoms. The summed E-state index contributed by atoms with van der Waals surface area (Å²) < 4.78 is 7.33. The lowest BCUT2D eigenvalue weighted by molar-refractivity contribution is -0.149. The van der Waals surface area contributed by atoms with Gasteiger partial charge in [0.1, 0.15) is 12.6 Å². The molecular formula is C26H31N3O3. The van der Waals surface area contributed by atoms with Crippen LogP contribution in [0.1, 0.15) is 42.8 Å². The summed E-state index contributed by atoms with van der Waals surface area (Å²) in [6.07, 6.45) is 0.672. The number of hydrogen-bond acceptors (Lipinski definition) is 4. The van der Waals surface area contributed by atoms with Gasteiger partial charge in [-0.3, -0.25) is 4.79 Å². The van der Waals surface area contributed by atoms with E-state index in [1.807, 2.05) is 93.0 Å². The van der Waals surface area contributed by atoms with Gasteiger partial charge in [-0.2, -0.15) is 5.10 Å². The van der Waals surface area contributed by atoms with E-state index in [9.17, 15) is 9.59 Å². The largest absolute Gasteiger partial charge is 0.459 e. The Morgan fingerprint density at radius 2 is 1.62 bits per heavy atom. The molecule has 0 aliphatic heterocycles. The van der Waals surface area contributed by atoms with E-state index < -0.39 is 12.0 Å². The summed E-state index contributed by atoms with van der Waals surface area (Å²) in [5.41, 5.74) is 4.44. The molecule has 0 radical (unpaired) electrons. The van der Waals surface area contributed by atoms with Crippen molar-refractivity contribution in [2.45, 2.75) is 53.2 Å². The highest BCUT2D eigenvalue weighted by Gasteiger charge is 2.25. The highest BCUT2D eigenvalue weighted by molar-refractivity contribution is 5.86. The summed E-state index contributed by atoms with van der Waals surface area (Å²) in [5.74, 6) is -0.399. The monoisotopic (exact) mass is 433 g/mol. The zero-order chi connectivity index (χ0) is 23.1. The number of nitrogens with one attached hydrogen (secondary N) is 1. The molecule has 0 unspecified atom stereocenters. The predicted molar refractivity (Wildman–Crippen MR) is 124 cm³/mol. The highest BCUT2D eigenvalue weighted by Crippen LogP contribution is 2.19. The van der Waals surface area contributed by atoms with Gasteiger partial charge < -0.3 is 10.1 Å². The van der Waals surface area contributed by atoms with Crippen molar-refractivity contribution in [3.8, 4) is 5.69 Å². The van der Waals surface area contributed by atoms with Gasteiger partial charge in [-0.15, -0.1) is 0 Å². The highest BCUT2D eigenvalue weighted by atomic mass is 16.5. The quantitative estimate of drug-likeness (QED) is 0.511. The zero-order valence-corrected chi connectivity index (χ0v) is 19.2. The Labute approximate surface area is 189 Å². The number of para-hydroxylation sites is 1. The summed E-state index contributed by atoms with van der Waals surface area (Å²) in [4.78, 5) is 25.6. The van der Waals surface area contributed by atoms with E-state index in [0.717, 1.165) is 28.2 Å². The number of rotatable bonds is 9. The molecule has 168 valence electrons. The Hall–Kier alpha value is -3.41. The predicted octanol–water partition coefficient (Wildman–Crippen LogP) is 4.31. The molecule has 0 saturated heterocycles. The van der Waals surface area contributed by atoms with Crippen LogP contribution in [0, 0.1) is 19.8 Å². The maximum absolute atomic E-state index is 12.9. The molecular weight excluding hydrogens is 402 g/mol. The molecule has 32 heavy (non-hydrogen) atoms. The van der Waals surface area contributed by atoms with Crippen LogP contribution in [0.4, 0.5) is 0 Å². The average Bonchev–Trinajstić information content (AvgIpc) is 3.06. The van der Waals surface area contributed by atoms with Gasteiger partial charge in [0.05, 0.1) is 17.8 Å². The molecule has 3 aromatic rings. The van der Waals surface area contributed by atoms with E-state index in [2.05, 4.69) is 10.4 Å². The van der Waals surface area contributed by atoms with Crippen LogP contribution >= 0.6 is 0 Å². The molecule has 1 N–H and O–H groups in total. The molecule has 0 aliphatic rings. The second-order valence-electron chi connectivity index (χ2n) is 8.42. The van der Waals surface area contributed by atoms with E-state index in [4.69, 9.17) is 4.74 Å². The van der Waals surface area contributed by atoms with Crippen molar-refractivity contribution in [2.75, 3.05) is 0 Å². The average molecular weight is 434 g/mol. The standard InChI is InChI=1S/C26H31N3O3/c1-18(2)15-24(26(31)32-17-21-11-7-5-8-12-21)27-25(30)16-23-19(3)28-29(20(23)4)22-13-9-6-10-14-22/h5-14,18,24H,15-17H2,1-4H3,(H,27,30)/t24-/m0/s1. The van der Waals surface area contributed by atoms with Gasteiger partial charge in [0.25, 0.3) is 0 Å². The molecule has 0 aliphatic carbocycles. The first-order valence-electron chi connectivity index (χ1n) is 11.0. The third kappa shape index (κ3) is 6.06. The first-order valence-corrected chi connectivity index (χ1v) is 11.0. The lowest BCUT2D eigenvalue weighted by Gasteiger charge is -2.19. The Kier molecular flexibility index (Phi) is 7.82. The normalized spacial score (nSPS) is 11.9. The van der Waals surface area contributed by atoms with Gasteiger partial charge in [0, 0.05) is 11.3 Å². The van der Waals surface area contributed by atoms with Gasteiger partial charge in [-0.25, -0.2) is 9.48 Å². The minimum Gasteiger partial charge on any atom is -0.459 e. The number of esters is 1. The number of carbonyl (C=O) groups is 2. The van der Waals surface area contributed by atoms with Crippen molar-refractivity contribution in [3.63, 3.8) is 0 Å². The van der Waals surface area contributed by atoms with Crippen LogP contribution in [0.15, 0.2) is 60.7 Å². The number of amides is 1. The molecule has 1 atom stereocenters. The van der Waals surface area contributed by atoms with Crippen molar-refractivity contribution in [1.82, 2.24) is 15.1 Å². The van der Waals surface area contributed by atoms with E-state index >= 15 is 0 Å². The van der Waals surface area contributed by atoms with Crippen LogP contribution in [0.25, 0.3) is 5.69 Å². The molecule has 0 fully saturated rings. The Morgan fingerprint density at radius 3 is 2.25 bits per heavy atom. The number of carbonyl (C=O) groups excluding carboxylic acids is 2. The first kappa shape index (κ1) is 23.3. The SMILES string of the molecule is Cc1nn(-c2ccccc2)c(C)c1CC(=O)N[C@@H](CC(C)C)C(=O)OCc1ccccc1. The van der Waals surface area contributed by atoms with Crippen LogP contribution in [0.5, 0.6) is 0 Å². The fourth-order valence-corrected chi connectivity index (χ4v) is 3.67. The Balaban J connectivity index is 1.67. The maximum atomic E-state index is 12.9. The molecule has 1 aromatic heterocycles. The molecule has 2 aromatic carbocycles. The molecule has 3 rings (SSSR count). The summed E-state index contributed by atoms with van der Waals surface area (Å²) in [6.45, 7) is 8.07. The van der Waals surface area contributed by atoms with E-state index in [1.54, 1.807) is 0 Å². The van der Waals surface area contributed by atoms with Crippen molar-refractivity contribution in [2.24, 2.45) is 5.92 Å². The fourth-order valence-electron chi connectivity index (χ4n) is 3.67. The van der Waals surface area contributed by atoms with Gasteiger partial charge in [-0.05, 0) is 43.9 Å². The minimum absolute atomic E-state index is 0.158. The van der Waals surface area contributed by atoms with E-state index in [0.29, 0.717) is 6.42 Å². The van der Waals surface area contributed by atoms with Crippen LogP contribution in [0.2, 0.25) is 0 Å². The minimum atomic E-state index is -0.684. The fraction of sp³-hybridized carbons (Fsp3) is 0.346. The second kappa shape index (κ2) is 10.8. The van der Waals surface area contributed by atoms with Gasteiger partial charge in [-0.1, -0.05) is 62.4 Å². The van der Waals surface area contributed by atoms with Crippen molar-refractivity contribution >= 4 is 11.9 Å². The summed E-state index contributed by atoms with van der Waals surface area (Å²) in [6, 6.07) is 18.6. The number of aryl methyl sites for hydroxylation is 1. The summed E-state index contributed by atoms with van der Waals surface area (Å²) in [7, 11) is 0. The molecule has 6 heteroatoms. The lowest BCUT2D eigenvalue weighted by Crippen LogP contribution is -2.43. The van der Waals surface area contributed by atoms with Crippen LogP contribution in [-0.4, -0.2) is 27.7 Å². The van der Waals surface area contributed by atoms with Gasteiger partial charge >= 0.3 is 5.97 Å². The van der Waals surface area contributed by atoms with Crippen molar-refractivity contribution in [1.29, 1.82) is 0 Å². The summed E-state index contributed by atoms with van der Waals surface area (Å²) >= 11 is 0. The Bertz CT molecular complexity index is 1040. The van der Waals surface area contributed by atoms with Crippen molar-refractivity contribution < 1.29 is 14.3 Å². The van der Waals surface area contributed by atoms with E-state index in [-0.39, 0.29) is 24.9 Å². The van der Waals surface area contributed by atoms with Crippen molar-refractivity contribution in [3.05, 3.63) is 83.2 Å². The molecule has 1 amide bonds. The third-order valence-corrected chi connectivity index (χ3v) is 5.33. The topological polar surface area (TPSA) is 73.2 Å². The van der Waals surface area contributed by atoms with Crippen LogP contribution in [-0.2, 0) is 27.4 Å². The Morgan fingerprint density at radius 1 is 1.00 bits per heavy atom. The molecule has 0 bridgehead atoms. The van der Waals surface area contributed by atoms with Gasteiger partial charge in [0.15, 0.2) is 0 Å². The van der Waals surface area contributed by atoms with Crippen LogP contribution in [0.3, 0.4) is 0 Å². The zero-order valence-electron chi connectivity index (χ0n) is 19.2. The summed E-state index contributed by atoms with van der Waals surface area (Å²) in [5, 5.41) is 7.49. The number of hydrogen-bond donors (Lipinski definition) is 1. The number of nitrogens with zero attached hydrogens (tertiary/aromatic N) is 2. The number of benzene rings is 2. The van der Waals surface area contributed by atoms with Gasteiger partial charge in [0.2, 0.25) is 5.91 Å². The maximum Gasteiger partial charge on any atom is 0.328 e. The molecule has 6 nitrogen and oxygen atoms in total. The molecule has 1 heterocycles. The second-order valence-corrected chi connectivity index (χ2v) is 8.42. The number of aromatic nitrogens is 2. The third-order valence-electron chi connectivity index (χ3n) is 5.33. The van der Waals surface area contributed by atoms with Crippen LogP contribution < -0.4 is 5.32 Å². The first-order chi connectivity index (χ1) is 15.3. The van der Waals surface area contributed by atoms with E-state index in [1.165, 1.54) is 0 Å². The smallest absolute Gasteiger partial charge is 0.328 e. The number of ether oxygens (including phenoxy) is 1.